The molecule has 1 unspecified atom stereocenters. The predicted molar refractivity (Wildman–Crippen MR) is 61.5 cm³/mol. The highest BCUT2D eigenvalue weighted by Gasteiger charge is 2.31. The molecule has 0 aromatic heterocycles. The van der Waals surface area contributed by atoms with Gasteiger partial charge in [0, 0.05) is 13.1 Å². The molecule has 0 spiro atoms. The molecule has 1 N–H and O–H groups in total. The lowest BCUT2D eigenvalue weighted by Gasteiger charge is -2.32. The van der Waals surface area contributed by atoms with Crippen LogP contribution >= 0.6 is 0 Å². The summed E-state index contributed by atoms with van der Waals surface area (Å²) >= 11 is 0. The van der Waals surface area contributed by atoms with Gasteiger partial charge in [0.15, 0.2) is 0 Å². The van der Waals surface area contributed by atoms with Crippen LogP contribution in [0.25, 0.3) is 0 Å². The van der Waals surface area contributed by atoms with E-state index < -0.39 is 6.04 Å². The lowest BCUT2D eigenvalue weighted by Crippen LogP contribution is -2.53. The Morgan fingerprint density at radius 2 is 2.29 bits per heavy atom. The molecule has 1 fully saturated rings. The molecule has 98 valence electrons. The highest BCUT2D eigenvalue weighted by Crippen LogP contribution is 2.07. The number of nitrogens with one attached hydrogen (secondary N) is 1. The Balaban J connectivity index is 2.47. The zero-order valence-corrected chi connectivity index (χ0v) is 10.4. The van der Waals surface area contributed by atoms with Gasteiger partial charge in [0.05, 0.1) is 26.9 Å². The summed E-state index contributed by atoms with van der Waals surface area (Å²) in [5, 5.41) is 2.78. The number of carbonyl (C=O) groups is 2. The van der Waals surface area contributed by atoms with Crippen LogP contribution in [-0.2, 0) is 19.1 Å². The summed E-state index contributed by atoms with van der Waals surface area (Å²) in [5.74, 6) is -0.421. The fourth-order valence-corrected chi connectivity index (χ4v) is 1.69. The summed E-state index contributed by atoms with van der Waals surface area (Å²) in [6, 6.07) is -0.471. The number of carbonyl (C=O) groups excluding carboxylic acids is 2. The van der Waals surface area contributed by atoms with Crippen molar-refractivity contribution < 1.29 is 19.1 Å². The van der Waals surface area contributed by atoms with Crippen molar-refractivity contribution in [1.29, 1.82) is 0 Å². The van der Waals surface area contributed by atoms with Crippen molar-refractivity contribution in [3.05, 3.63) is 0 Å². The van der Waals surface area contributed by atoms with Crippen molar-refractivity contribution in [3.63, 3.8) is 0 Å². The maximum Gasteiger partial charge on any atom is 0.325 e. The molecule has 1 amide bonds. The third kappa shape index (κ3) is 4.32. The molecule has 0 aliphatic carbocycles. The zero-order chi connectivity index (χ0) is 12.7. The van der Waals surface area contributed by atoms with Crippen molar-refractivity contribution in [2.75, 3.05) is 40.0 Å². The Hall–Kier alpha value is -1.14. The molecular weight excluding hydrogens is 224 g/mol. The number of ether oxygens (including phenoxy) is 2. The monoisotopic (exact) mass is 244 g/mol. The van der Waals surface area contributed by atoms with Crippen molar-refractivity contribution >= 4 is 11.9 Å². The summed E-state index contributed by atoms with van der Waals surface area (Å²) in [5.41, 5.74) is 0. The van der Waals surface area contributed by atoms with Crippen molar-refractivity contribution in [1.82, 2.24) is 10.2 Å². The second-order valence-corrected chi connectivity index (χ2v) is 3.93. The molecular formula is C11H20N2O4. The van der Waals surface area contributed by atoms with Crippen LogP contribution in [0.2, 0.25) is 0 Å². The van der Waals surface area contributed by atoms with Crippen molar-refractivity contribution in [2.45, 2.75) is 19.4 Å². The second kappa shape index (κ2) is 7.24. The topological polar surface area (TPSA) is 67.9 Å². The highest BCUT2D eigenvalue weighted by molar-refractivity contribution is 5.80. The zero-order valence-electron chi connectivity index (χ0n) is 10.4. The van der Waals surface area contributed by atoms with Gasteiger partial charge in [0.1, 0.15) is 6.04 Å². The molecule has 1 atom stereocenters. The minimum absolute atomic E-state index is 0.0670. The summed E-state index contributed by atoms with van der Waals surface area (Å²) < 4.78 is 9.91. The van der Waals surface area contributed by atoms with Crippen LogP contribution in [0.5, 0.6) is 0 Å². The molecule has 1 heterocycles. The van der Waals surface area contributed by atoms with E-state index in [2.05, 4.69) is 5.32 Å². The molecule has 1 rings (SSSR count). The number of rotatable bonds is 5. The van der Waals surface area contributed by atoms with E-state index in [-0.39, 0.29) is 25.0 Å². The van der Waals surface area contributed by atoms with E-state index in [0.29, 0.717) is 19.7 Å². The molecule has 1 aliphatic heterocycles. The van der Waals surface area contributed by atoms with Crippen LogP contribution in [0.15, 0.2) is 0 Å². The third-order valence-electron chi connectivity index (χ3n) is 2.63. The molecule has 1 aliphatic rings. The van der Waals surface area contributed by atoms with Gasteiger partial charge >= 0.3 is 5.97 Å². The predicted octanol–water partition coefficient (Wildman–Crippen LogP) is -0.614. The number of hydrogen-bond acceptors (Lipinski definition) is 5. The van der Waals surface area contributed by atoms with Gasteiger partial charge in [-0.15, -0.1) is 0 Å². The number of hydrogen-bond donors (Lipinski definition) is 1. The first-order valence-corrected chi connectivity index (χ1v) is 5.85. The van der Waals surface area contributed by atoms with Gasteiger partial charge in [-0.1, -0.05) is 6.92 Å². The average Bonchev–Trinajstić information content (AvgIpc) is 2.36. The number of esters is 1. The number of morpholine rings is 1. The lowest BCUT2D eigenvalue weighted by molar-refractivity contribution is -0.154. The van der Waals surface area contributed by atoms with Gasteiger partial charge in [0.25, 0.3) is 0 Å². The SMILES string of the molecule is CCCNC(=O)CN1CCOCC1C(=O)OC. The van der Waals surface area contributed by atoms with Crippen LogP contribution in [0.4, 0.5) is 0 Å². The molecule has 0 radical (unpaired) electrons. The van der Waals surface area contributed by atoms with E-state index >= 15 is 0 Å². The van der Waals surface area contributed by atoms with Gasteiger partial charge < -0.3 is 14.8 Å². The minimum atomic E-state index is -0.471. The van der Waals surface area contributed by atoms with Gasteiger partial charge in [-0.3, -0.25) is 14.5 Å². The fourth-order valence-electron chi connectivity index (χ4n) is 1.69. The van der Waals surface area contributed by atoms with E-state index in [1.807, 2.05) is 6.92 Å². The first kappa shape index (κ1) is 13.9. The summed E-state index contributed by atoms with van der Waals surface area (Å²) in [6.07, 6.45) is 0.898. The van der Waals surface area contributed by atoms with E-state index in [1.54, 1.807) is 4.90 Å². The largest absolute Gasteiger partial charge is 0.468 e. The molecule has 0 aromatic rings. The molecule has 0 aromatic carbocycles. The molecule has 0 saturated carbocycles. The number of amides is 1. The summed E-state index contributed by atoms with van der Waals surface area (Å²) in [4.78, 5) is 24.9. The fraction of sp³-hybridized carbons (Fsp3) is 0.818. The second-order valence-electron chi connectivity index (χ2n) is 3.93. The van der Waals surface area contributed by atoms with Gasteiger partial charge in [0.2, 0.25) is 5.91 Å². The Bertz CT molecular complexity index is 270. The van der Waals surface area contributed by atoms with E-state index in [4.69, 9.17) is 9.47 Å². The van der Waals surface area contributed by atoms with E-state index in [0.717, 1.165) is 6.42 Å². The van der Waals surface area contributed by atoms with Gasteiger partial charge in [-0.05, 0) is 6.42 Å². The van der Waals surface area contributed by atoms with Crippen LogP contribution in [0, 0.1) is 0 Å². The van der Waals surface area contributed by atoms with Crippen LogP contribution < -0.4 is 5.32 Å². The van der Waals surface area contributed by atoms with Crippen molar-refractivity contribution in [3.8, 4) is 0 Å². The van der Waals surface area contributed by atoms with Gasteiger partial charge in [-0.2, -0.15) is 0 Å². The maximum absolute atomic E-state index is 11.6. The lowest BCUT2D eigenvalue weighted by atomic mass is 10.2. The molecule has 6 nitrogen and oxygen atoms in total. The Morgan fingerprint density at radius 1 is 1.53 bits per heavy atom. The normalized spacial score (nSPS) is 20.9. The van der Waals surface area contributed by atoms with Crippen LogP contribution in [-0.4, -0.2) is 62.8 Å². The molecule has 17 heavy (non-hydrogen) atoms. The van der Waals surface area contributed by atoms with Crippen LogP contribution in [0.3, 0.4) is 0 Å². The summed E-state index contributed by atoms with van der Waals surface area (Å²) in [7, 11) is 1.34. The highest BCUT2D eigenvalue weighted by atomic mass is 16.5. The first-order valence-electron chi connectivity index (χ1n) is 5.85. The number of methoxy groups -OCH3 is 1. The van der Waals surface area contributed by atoms with E-state index in [1.165, 1.54) is 7.11 Å². The third-order valence-corrected chi connectivity index (χ3v) is 2.63. The molecule has 1 saturated heterocycles. The van der Waals surface area contributed by atoms with Crippen LogP contribution in [0.1, 0.15) is 13.3 Å². The van der Waals surface area contributed by atoms with Crippen molar-refractivity contribution in [2.24, 2.45) is 0 Å². The maximum atomic E-state index is 11.6. The number of nitrogens with zero attached hydrogens (tertiary/aromatic N) is 1. The Kier molecular flexibility index (Phi) is 5.93. The van der Waals surface area contributed by atoms with Gasteiger partial charge in [-0.25, -0.2) is 0 Å². The first-order chi connectivity index (χ1) is 8.19. The average molecular weight is 244 g/mol. The summed E-state index contributed by atoms with van der Waals surface area (Å²) in [6.45, 7) is 4.25. The minimum Gasteiger partial charge on any atom is -0.468 e. The smallest absolute Gasteiger partial charge is 0.325 e. The Morgan fingerprint density at radius 3 is 2.94 bits per heavy atom. The molecule has 0 bridgehead atoms. The standard InChI is InChI=1S/C11H20N2O4/c1-3-4-12-10(14)7-13-5-6-17-8-9(13)11(15)16-2/h9H,3-8H2,1-2H3,(H,12,14). The molecule has 6 heteroatoms. The Labute approximate surface area is 101 Å². The quantitative estimate of drug-likeness (QED) is 0.653. The van der Waals surface area contributed by atoms with E-state index in [9.17, 15) is 9.59 Å².